The van der Waals surface area contributed by atoms with Crippen molar-refractivity contribution in [1.29, 1.82) is 0 Å². The number of aliphatic carboxylic acids is 1. The first-order chi connectivity index (χ1) is 19.2. The van der Waals surface area contributed by atoms with Crippen LogP contribution < -0.4 is 9.47 Å². The maximum Gasteiger partial charge on any atom is 0.341 e. The van der Waals surface area contributed by atoms with Crippen molar-refractivity contribution in [3.8, 4) is 11.5 Å². The van der Waals surface area contributed by atoms with Gasteiger partial charge in [0.2, 0.25) is 0 Å². The summed E-state index contributed by atoms with van der Waals surface area (Å²) in [6, 6.07) is 13.3. The number of aliphatic hydroxyl groups is 1. The number of carboxylic acid groups (broad SMARTS) is 1. The molecule has 2 atom stereocenters. The summed E-state index contributed by atoms with van der Waals surface area (Å²) in [5.74, 6) is -0.598. The number of likely N-dealkylation sites (N-methyl/N-ethyl adjacent to an activating group) is 1. The van der Waals surface area contributed by atoms with Crippen molar-refractivity contribution < 1.29 is 37.7 Å². The minimum absolute atomic E-state index is 0.269. The number of β-amino-alcohol motifs (C(OH)–C–C–N with tert-alkyl or cyclic N) is 1. The van der Waals surface area contributed by atoms with E-state index in [1.54, 1.807) is 60.6 Å². The van der Waals surface area contributed by atoms with E-state index in [4.69, 9.17) is 18.8 Å². The Morgan fingerprint density at radius 1 is 1.20 bits per heavy atom. The Kier molecular flexibility index (Phi) is 9.88. The number of likely N-dealkylation sites (tertiary alicyclic amines) is 1. The van der Waals surface area contributed by atoms with E-state index >= 15 is 0 Å². The summed E-state index contributed by atoms with van der Waals surface area (Å²) >= 11 is 0. The number of carboxylic acids is 1. The van der Waals surface area contributed by atoms with Gasteiger partial charge in [0.1, 0.15) is 11.5 Å². The molecule has 0 bridgehead atoms. The number of pyridine rings is 1. The van der Waals surface area contributed by atoms with Gasteiger partial charge in [-0.25, -0.2) is 4.79 Å². The van der Waals surface area contributed by atoms with Crippen molar-refractivity contribution in [2.45, 2.75) is 18.6 Å². The van der Waals surface area contributed by atoms with Gasteiger partial charge in [-0.15, -0.1) is 0 Å². The van der Waals surface area contributed by atoms with Crippen LogP contribution in [0.3, 0.4) is 0 Å². The largest absolute Gasteiger partial charge is 0.483 e. The van der Waals surface area contributed by atoms with E-state index < -0.39 is 35.6 Å². The molecule has 1 fully saturated rings. The average molecular weight is 572 g/mol. The second-order valence-electron chi connectivity index (χ2n) is 9.22. The number of ether oxygens (including phenoxy) is 2. The summed E-state index contributed by atoms with van der Waals surface area (Å²) in [6.45, 7) is 0.895. The van der Waals surface area contributed by atoms with Gasteiger partial charge in [-0.05, 0) is 48.4 Å². The minimum Gasteiger partial charge on any atom is -0.483 e. The van der Waals surface area contributed by atoms with Gasteiger partial charge in [-0.2, -0.15) is 0 Å². The number of hydrogen-bond acceptors (Lipinski definition) is 11. The van der Waals surface area contributed by atoms with Crippen LogP contribution in [0.1, 0.15) is 18.0 Å². The number of benzene rings is 2. The number of rotatable bonds is 12. The molecule has 0 radical (unpaired) electrons. The molecule has 2 heterocycles. The van der Waals surface area contributed by atoms with Crippen LogP contribution >= 0.6 is 0 Å². The van der Waals surface area contributed by atoms with Crippen molar-refractivity contribution in [1.82, 2.24) is 14.8 Å². The highest BCUT2D eigenvalue weighted by Crippen LogP contribution is 2.32. The SMILES string of the molecule is CO[S-](=O)=Nc1ccc(OCC(=O)N(C)C(CN2CC[C@H](O)C2)c2cccc(OCC(=O)O)c2)c2cccnc12. The molecular formula is C27H31N4O8S-. The highest BCUT2D eigenvalue weighted by atomic mass is 32.2. The van der Waals surface area contributed by atoms with Crippen LogP contribution in [-0.2, 0) is 28.9 Å². The van der Waals surface area contributed by atoms with E-state index in [0.29, 0.717) is 54.1 Å². The third kappa shape index (κ3) is 7.45. The van der Waals surface area contributed by atoms with Crippen LogP contribution in [0.15, 0.2) is 59.1 Å². The third-order valence-electron chi connectivity index (χ3n) is 6.52. The summed E-state index contributed by atoms with van der Waals surface area (Å²) in [7, 11) is 1.09. The standard InChI is InChI=1S/C27H31N4O8S/c1-30(23(15-31-12-10-19(32)14-31)18-5-3-6-20(13-18)38-17-26(34)35)25(33)16-39-24-9-8-22(29-40(36)37-2)27-21(24)7-4-11-28-27/h3-9,11,13,19,23,32H,10,12,14-17H2,1-2H3,(H,34,35)/q-1/t19-,23?/m0/s1. The van der Waals surface area contributed by atoms with Gasteiger partial charge >= 0.3 is 5.97 Å². The highest BCUT2D eigenvalue weighted by Gasteiger charge is 2.29. The molecular weight excluding hydrogens is 540 g/mol. The van der Waals surface area contributed by atoms with Crippen molar-refractivity contribution >= 4 is 39.3 Å². The van der Waals surface area contributed by atoms with Crippen LogP contribution in [-0.4, -0.2) is 90.0 Å². The van der Waals surface area contributed by atoms with E-state index in [1.807, 2.05) is 6.07 Å². The first-order valence-corrected chi connectivity index (χ1v) is 13.6. The Morgan fingerprint density at radius 3 is 2.75 bits per heavy atom. The lowest BCUT2D eigenvalue weighted by Gasteiger charge is -2.32. The van der Waals surface area contributed by atoms with Crippen LogP contribution in [0.2, 0.25) is 0 Å². The van der Waals surface area contributed by atoms with E-state index in [-0.39, 0.29) is 12.5 Å². The van der Waals surface area contributed by atoms with Crippen molar-refractivity contribution in [2.75, 3.05) is 47.0 Å². The van der Waals surface area contributed by atoms with Gasteiger partial charge in [0.15, 0.2) is 13.2 Å². The third-order valence-corrected chi connectivity index (χ3v) is 7.15. The van der Waals surface area contributed by atoms with E-state index in [2.05, 4.69) is 14.2 Å². The fourth-order valence-corrected chi connectivity index (χ4v) is 4.88. The normalized spacial score (nSPS) is 17.0. The number of hydrogen-bond donors (Lipinski definition) is 2. The maximum atomic E-state index is 13.4. The summed E-state index contributed by atoms with van der Waals surface area (Å²) in [5, 5.41) is 19.6. The average Bonchev–Trinajstić information content (AvgIpc) is 3.38. The monoisotopic (exact) mass is 571 g/mol. The number of amides is 1. The fourth-order valence-electron chi connectivity index (χ4n) is 4.49. The Bertz CT molecular complexity index is 1450. The van der Waals surface area contributed by atoms with Gasteiger partial charge < -0.3 is 37.3 Å². The molecule has 3 aromatic rings. The van der Waals surface area contributed by atoms with Gasteiger partial charge in [0, 0.05) is 45.4 Å². The molecule has 2 N–H and O–H groups in total. The second-order valence-corrected chi connectivity index (χ2v) is 10.2. The number of fused-ring (bicyclic) bond motifs is 1. The summed E-state index contributed by atoms with van der Waals surface area (Å²) in [6.07, 6.45) is 1.80. The Hall–Kier alpha value is -3.78. The summed E-state index contributed by atoms with van der Waals surface area (Å²) in [5.41, 5.74) is 1.58. The number of carbonyl (C=O) groups is 2. The Morgan fingerprint density at radius 2 is 2.02 bits per heavy atom. The second kappa shape index (κ2) is 13.5. The Labute approximate surface area is 233 Å². The smallest absolute Gasteiger partial charge is 0.341 e. The lowest BCUT2D eigenvalue weighted by Crippen LogP contribution is -2.41. The molecule has 0 aliphatic carbocycles. The quantitative estimate of drug-likeness (QED) is 0.311. The molecule has 214 valence electrons. The predicted octanol–water partition coefficient (Wildman–Crippen LogP) is 2.68. The number of carbonyl (C=O) groups excluding carboxylic acids is 1. The van der Waals surface area contributed by atoms with Gasteiger partial charge in [0.05, 0.1) is 23.3 Å². The van der Waals surface area contributed by atoms with Gasteiger partial charge in [-0.1, -0.05) is 23.0 Å². The van der Waals surface area contributed by atoms with Crippen LogP contribution in [0.5, 0.6) is 11.5 Å². The summed E-state index contributed by atoms with van der Waals surface area (Å²) < 4.78 is 31.8. The van der Waals surface area contributed by atoms with Gasteiger partial charge in [-0.3, -0.25) is 14.7 Å². The molecule has 1 amide bonds. The molecule has 1 saturated heterocycles. The van der Waals surface area contributed by atoms with Crippen LogP contribution in [0, 0.1) is 0 Å². The first-order valence-electron chi connectivity index (χ1n) is 12.5. The highest BCUT2D eigenvalue weighted by molar-refractivity contribution is 7.69. The topological polar surface area (TPSA) is 151 Å². The lowest BCUT2D eigenvalue weighted by atomic mass is 10.0. The van der Waals surface area contributed by atoms with E-state index in [9.17, 15) is 18.9 Å². The molecule has 1 aromatic heterocycles. The molecule has 1 aliphatic rings. The fraction of sp³-hybridized carbons (Fsp3) is 0.370. The minimum atomic E-state index is -1.87. The first kappa shape index (κ1) is 29.2. The molecule has 13 heteroatoms. The van der Waals surface area contributed by atoms with Crippen LogP contribution in [0.25, 0.3) is 10.9 Å². The molecule has 40 heavy (non-hydrogen) atoms. The van der Waals surface area contributed by atoms with E-state index in [1.165, 1.54) is 7.11 Å². The molecule has 0 saturated carbocycles. The van der Waals surface area contributed by atoms with Crippen molar-refractivity contribution in [3.63, 3.8) is 0 Å². The number of aromatic nitrogens is 1. The molecule has 4 rings (SSSR count). The van der Waals surface area contributed by atoms with Crippen molar-refractivity contribution in [3.05, 3.63) is 60.3 Å². The predicted molar refractivity (Wildman–Crippen MR) is 147 cm³/mol. The van der Waals surface area contributed by atoms with Gasteiger partial charge in [0.25, 0.3) is 5.91 Å². The zero-order valence-corrected chi connectivity index (χ0v) is 23.0. The molecule has 2 aromatic carbocycles. The number of aliphatic hydroxyl groups excluding tert-OH is 1. The summed E-state index contributed by atoms with van der Waals surface area (Å²) in [4.78, 5) is 32.3. The van der Waals surface area contributed by atoms with E-state index in [0.717, 1.165) is 5.56 Å². The van der Waals surface area contributed by atoms with Crippen molar-refractivity contribution in [2.24, 2.45) is 4.36 Å². The molecule has 12 nitrogen and oxygen atoms in total. The van der Waals surface area contributed by atoms with Crippen LogP contribution in [0.4, 0.5) is 5.69 Å². The lowest BCUT2D eigenvalue weighted by molar-refractivity contribution is -0.139. The molecule has 0 spiro atoms. The zero-order valence-electron chi connectivity index (χ0n) is 22.1. The number of nitrogens with zero attached hydrogens (tertiary/aromatic N) is 4. The molecule has 1 aliphatic heterocycles. The zero-order chi connectivity index (χ0) is 28.6. The maximum absolute atomic E-state index is 13.4. The Balaban J connectivity index is 1.54. The molecule has 1 unspecified atom stereocenters.